The molecule has 0 aromatic carbocycles. The van der Waals surface area contributed by atoms with Crippen LogP contribution in [0.3, 0.4) is 0 Å². The minimum Gasteiger partial charge on any atom is -0.463 e. The summed E-state index contributed by atoms with van der Waals surface area (Å²) in [6, 6.07) is 0. The fraction of sp³-hybridized carbons (Fsp3) is 0.857. The molecule has 0 spiro atoms. The minimum absolute atomic E-state index is 0.0175. The summed E-state index contributed by atoms with van der Waals surface area (Å²) in [6.07, 6.45) is 6.97. The van der Waals surface area contributed by atoms with Crippen LogP contribution in [0, 0.1) is 34.5 Å². The first kappa shape index (κ1) is 17.2. The molecule has 0 aliphatic heterocycles. The van der Waals surface area contributed by atoms with Gasteiger partial charge in [0.05, 0.1) is 0 Å². The second-order valence-corrected chi connectivity index (χ2v) is 9.56. The van der Waals surface area contributed by atoms with Crippen molar-refractivity contribution >= 4 is 17.5 Å². The van der Waals surface area contributed by atoms with Gasteiger partial charge in [-0.15, -0.1) is 0 Å². The molecule has 0 saturated heterocycles. The topological polar surface area (TPSA) is 60.4 Å². The van der Waals surface area contributed by atoms with Crippen molar-refractivity contribution in [1.82, 2.24) is 0 Å². The average Bonchev–Trinajstić information content (AvgIpc) is 2.82. The van der Waals surface area contributed by atoms with Gasteiger partial charge < -0.3 is 4.74 Å². The van der Waals surface area contributed by atoms with Crippen LogP contribution in [0.15, 0.2) is 0 Å². The van der Waals surface area contributed by atoms with Crippen LogP contribution in [0.5, 0.6) is 0 Å². The van der Waals surface area contributed by atoms with E-state index in [-0.39, 0.29) is 23.4 Å². The van der Waals surface area contributed by atoms with Crippen molar-refractivity contribution < 1.29 is 19.1 Å². The summed E-state index contributed by atoms with van der Waals surface area (Å²) in [5, 5.41) is 0. The van der Waals surface area contributed by atoms with Gasteiger partial charge in [0.1, 0.15) is 17.7 Å². The molecule has 4 aliphatic rings. The van der Waals surface area contributed by atoms with Crippen LogP contribution >= 0.6 is 0 Å². The zero-order valence-corrected chi connectivity index (χ0v) is 15.7. The Morgan fingerprint density at radius 1 is 1.12 bits per heavy atom. The number of hydrogen-bond acceptors (Lipinski definition) is 4. The van der Waals surface area contributed by atoms with Gasteiger partial charge in [-0.2, -0.15) is 0 Å². The Labute approximate surface area is 150 Å². The van der Waals surface area contributed by atoms with E-state index in [9.17, 15) is 14.4 Å². The summed E-state index contributed by atoms with van der Waals surface area (Å²) in [4.78, 5) is 37.0. The standard InChI is InChI=1S/C21H30O4/c1-12(22)25-14-8-9-20(2)13(10-14)4-5-15-16-6-7-18(24)21(16,3)11-17(23)19(15)20/h13-16,19H,4-11H2,1-3H3/t13-,14-,15-,16-,19+,20-,21-/m0/s1. The summed E-state index contributed by atoms with van der Waals surface area (Å²) in [6.45, 7) is 5.83. The smallest absolute Gasteiger partial charge is 0.302 e. The van der Waals surface area contributed by atoms with E-state index < -0.39 is 5.41 Å². The van der Waals surface area contributed by atoms with E-state index in [4.69, 9.17) is 4.74 Å². The molecule has 0 bridgehead atoms. The summed E-state index contributed by atoms with van der Waals surface area (Å²) in [5.74, 6) is 1.78. The van der Waals surface area contributed by atoms with Crippen LogP contribution in [-0.2, 0) is 19.1 Å². The lowest BCUT2D eigenvalue weighted by Crippen LogP contribution is -2.57. The summed E-state index contributed by atoms with van der Waals surface area (Å²) in [5.41, 5.74) is -0.375. The van der Waals surface area contributed by atoms with E-state index in [0.29, 0.717) is 42.2 Å². The number of ketones is 2. The van der Waals surface area contributed by atoms with E-state index in [1.54, 1.807) is 0 Å². The third-order valence-electron chi connectivity index (χ3n) is 8.35. The number of carbonyl (C=O) groups is 3. The van der Waals surface area contributed by atoms with Crippen molar-refractivity contribution in [1.29, 1.82) is 0 Å². The van der Waals surface area contributed by atoms with Gasteiger partial charge in [-0.3, -0.25) is 14.4 Å². The maximum Gasteiger partial charge on any atom is 0.302 e. The predicted molar refractivity (Wildman–Crippen MR) is 92.7 cm³/mol. The Hall–Kier alpha value is -1.19. The molecule has 4 saturated carbocycles. The van der Waals surface area contributed by atoms with Crippen LogP contribution in [0.4, 0.5) is 0 Å². The molecule has 0 amide bonds. The lowest BCUT2D eigenvalue weighted by Gasteiger charge is -2.59. The lowest BCUT2D eigenvalue weighted by molar-refractivity contribution is -0.168. The normalized spacial score (nSPS) is 49.2. The number of Topliss-reactive ketones (excluding diaryl/α,β-unsaturated/α-hetero) is 2. The van der Waals surface area contributed by atoms with Gasteiger partial charge in [-0.1, -0.05) is 13.8 Å². The van der Waals surface area contributed by atoms with Crippen LogP contribution in [0.25, 0.3) is 0 Å². The monoisotopic (exact) mass is 346 g/mol. The molecule has 7 atom stereocenters. The van der Waals surface area contributed by atoms with Gasteiger partial charge in [-0.05, 0) is 61.7 Å². The first-order valence-electron chi connectivity index (χ1n) is 9.99. The highest BCUT2D eigenvalue weighted by molar-refractivity contribution is 5.95. The molecule has 4 rings (SSSR count). The van der Waals surface area contributed by atoms with E-state index in [1.165, 1.54) is 6.92 Å². The maximum absolute atomic E-state index is 13.2. The van der Waals surface area contributed by atoms with Gasteiger partial charge in [0.15, 0.2) is 0 Å². The first-order chi connectivity index (χ1) is 11.8. The highest BCUT2D eigenvalue weighted by Gasteiger charge is 2.63. The molecule has 25 heavy (non-hydrogen) atoms. The van der Waals surface area contributed by atoms with E-state index >= 15 is 0 Å². The second-order valence-electron chi connectivity index (χ2n) is 9.56. The van der Waals surface area contributed by atoms with E-state index in [1.807, 2.05) is 6.92 Å². The minimum atomic E-state index is -0.392. The van der Waals surface area contributed by atoms with Crippen LogP contribution in [-0.4, -0.2) is 23.6 Å². The number of hydrogen-bond donors (Lipinski definition) is 0. The molecule has 4 nitrogen and oxygen atoms in total. The Kier molecular flexibility index (Phi) is 3.90. The zero-order valence-electron chi connectivity index (χ0n) is 15.7. The number of esters is 1. The Morgan fingerprint density at radius 2 is 1.88 bits per heavy atom. The molecule has 0 unspecified atom stereocenters. The summed E-state index contributed by atoms with van der Waals surface area (Å²) < 4.78 is 5.48. The summed E-state index contributed by atoms with van der Waals surface area (Å²) in [7, 11) is 0. The van der Waals surface area contributed by atoms with Gasteiger partial charge in [0.2, 0.25) is 0 Å². The maximum atomic E-state index is 13.2. The van der Waals surface area contributed by atoms with Gasteiger partial charge >= 0.3 is 5.97 Å². The lowest BCUT2D eigenvalue weighted by atomic mass is 9.45. The number of fused-ring (bicyclic) bond motifs is 5. The molecule has 4 aliphatic carbocycles. The van der Waals surface area contributed by atoms with Crippen LogP contribution in [0.1, 0.15) is 72.1 Å². The third-order valence-corrected chi connectivity index (χ3v) is 8.35. The van der Waals surface area contributed by atoms with Crippen molar-refractivity contribution in [3.8, 4) is 0 Å². The highest BCUT2D eigenvalue weighted by Crippen LogP contribution is 2.64. The van der Waals surface area contributed by atoms with Crippen molar-refractivity contribution in [3.63, 3.8) is 0 Å². The van der Waals surface area contributed by atoms with Gasteiger partial charge in [0, 0.05) is 31.1 Å². The average molecular weight is 346 g/mol. The van der Waals surface area contributed by atoms with Gasteiger partial charge in [0.25, 0.3) is 0 Å². The number of ether oxygens (including phenoxy) is 1. The van der Waals surface area contributed by atoms with E-state index in [0.717, 1.165) is 38.5 Å². The van der Waals surface area contributed by atoms with Crippen molar-refractivity contribution in [2.75, 3.05) is 0 Å². The number of carbonyl (C=O) groups excluding carboxylic acids is 3. The third kappa shape index (κ3) is 2.43. The van der Waals surface area contributed by atoms with E-state index in [2.05, 4.69) is 6.92 Å². The fourth-order valence-electron chi connectivity index (χ4n) is 7.15. The molecular formula is C21H30O4. The molecule has 0 heterocycles. The number of rotatable bonds is 1. The molecule has 0 aromatic heterocycles. The van der Waals surface area contributed by atoms with Crippen molar-refractivity contribution in [2.45, 2.75) is 78.2 Å². The molecule has 0 N–H and O–H groups in total. The Morgan fingerprint density at radius 3 is 2.60 bits per heavy atom. The van der Waals surface area contributed by atoms with Crippen molar-refractivity contribution in [2.24, 2.45) is 34.5 Å². The molecule has 138 valence electrons. The van der Waals surface area contributed by atoms with Crippen LogP contribution in [0.2, 0.25) is 0 Å². The Balaban J connectivity index is 1.60. The Bertz CT molecular complexity index is 625. The largest absolute Gasteiger partial charge is 0.463 e. The molecule has 4 fully saturated rings. The van der Waals surface area contributed by atoms with Gasteiger partial charge in [-0.25, -0.2) is 0 Å². The fourth-order valence-corrected chi connectivity index (χ4v) is 7.15. The van der Waals surface area contributed by atoms with Crippen molar-refractivity contribution in [3.05, 3.63) is 0 Å². The first-order valence-corrected chi connectivity index (χ1v) is 9.99. The molecule has 0 radical (unpaired) electrons. The predicted octanol–water partition coefficient (Wildman–Crippen LogP) is 3.71. The molecule has 4 heteroatoms. The molecule has 0 aromatic rings. The quantitative estimate of drug-likeness (QED) is 0.679. The van der Waals surface area contributed by atoms with Crippen LogP contribution < -0.4 is 0 Å². The molecular weight excluding hydrogens is 316 g/mol. The SMILES string of the molecule is CC(=O)O[C@H]1CC[C@@]2(C)[C@@H](CC[C@@H]3[C@@H]2C(=O)C[C@]2(C)C(=O)CC[C@@H]32)C1. The second kappa shape index (κ2) is 5.65. The zero-order chi connectivity index (χ0) is 18.0. The summed E-state index contributed by atoms with van der Waals surface area (Å²) >= 11 is 0. The highest BCUT2D eigenvalue weighted by atomic mass is 16.5.